The van der Waals surface area contributed by atoms with Crippen molar-refractivity contribution in [1.82, 2.24) is 0 Å². The van der Waals surface area contributed by atoms with E-state index in [9.17, 15) is 4.79 Å². The van der Waals surface area contributed by atoms with Crippen molar-refractivity contribution < 1.29 is 4.79 Å². The van der Waals surface area contributed by atoms with Crippen LogP contribution >= 0.6 is 11.6 Å². The summed E-state index contributed by atoms with van der Waals surface area (Å²) in [6.45, 7) is 0. The first kappa shape index (κ1) is 11.2. The number of hydrogen-bond donors (Lipinski definition) is 0. The van der Waals surface area contributed by atoms with Gasteiger partial charge in [-0.15, -0.1) is 0 Å². The van der Waals surface area contributed by atoms with Gasteiger partial charge in [-0.2, -0.15) is 0 Å². The maximum Gasteiger partial charge on any atom is 0.193 e. The number of hydrogen-bond acceptors (Lipinski definition) is 1. The molecule has 0 saturated carbocycles. The molecule has 0 bridgehead atoms. The Morgan fingerprint density at radius 3 is 2.39 bits per heavy atom. The molecule has 0 saturated heterocycles. The quantitative estimate of drug-likeness (QED) is 0.693. The molecule has 0 spiro atoms. The predicted octanol–water partition coefficient (Wildman–Crippen LogP) is 4.05. The Morgan fingerprint density at radius 1 is 0.889 bits per heavy atom. The van der Waals surface area contributed by atoms with Gasteiger partial charge in [-0.1, -0.05) is 60.1 Å². The highest BCUT2D eigenvalue weighted by molar-refractivity contribution is 6.32. The molecule has 1 aliphatic rings. The summed E-state index contributed by atoms with van der Waals surface area (Å²) in [5.74, 6) is 0.0709. The van der Waals surface area contributed by atoms with Gasteiger partial charge < -0.3 is 0 Å². The summed E-state index contributed by atoms with van der Waals surface area (Å²) in [4.78, 5) is 12.5. The molecule has 1 aliphatic carbocycles. The normalized spacial score (nSPS) is 16.9. The molecule has 18 heavy (non-hydrogen) atoms. The van der Waals surface area contributed by atoms with Crippen LogP contribution in [0.4, 0.5) is 0 Å². The maximum absolute atomic E-state index is 12.5. The van der Waals surface area contributed by atoms with Gasteiger partial charge >= 0.3 is 0 Å². The lowest BCUT2D eigenvalue weighted by Gasteiger charge is -2.13. The first-order valence-corrected chi connectivity index (χ1v) is 6.21. The summed E-state index contributed by atoms with van der Waals surface area (Å²) in [5.41, 5.74) is 3.33. The number of halogens is 1. The lowest BCUT2D eigenvalue weighted by Crippen LogP contribution is -2.09. The van der Waals surface area contributed by atoms with Crippen molar-refractivity contribution in [2.24, 2.45) is 0 Å². The van der Waals surface area contributed by atoms with Gasteiger partial charge in [-0.3, -0.25) is 4.79 Å². The zero-order chi connectivity index (χ0) is 12.5. The summed E-state index contributed by atoms with van der Waals surface area (Å²) >= 11 is 6.25. The minimum absolute atomic E-state index is 0.0709. The van der Waals surface area contributed by atoms with Crippen LogP contribution in [0.25, 0.3) is 6.08 Å². The van der Waals surface area contributed by atoms with Crippen molar-refractivity contribution in [3.8, 4) is 0 Å². The SMILES string of the molecule is O=C1c2ccccc2/C=C(/Cl)Cc2ccccc21. The molecule has 0 atom stereocenters. The van der Waals surface area contributed by atoms with Crippen LogP contribution in [0.3, 0.4) is 0 Å². The van der Waals surface area contributed by atoms with Crippen molar-refractivity contribution >= 4 is 23.5 Å². The molecule has 0 amide bonds. The second-order valence-electron chi connectivity index (χ2n) is 4.34. The van der Waals surface area contributed by atoms with E-state index in [0.29, 0.717) is 12.0 Å². The highest BCUT2D eigenvalue weighted by atomic mass is 35.5. The van der Waals surface area contributed by atoms with Gasteiger partial charge in [0.1, 0.15) is 0 Å². The fraction of sp³-hybridized carbons (Fsp3) is 0.0625. The third kappa shape index (κ3) is 1.87. The smallest absolute Gasteiger partial charge is 0.193 e. The minimum atomic E-state index is 0.0709. The van der Waals surface area contributed by atoms with Gasteiger partial charge in [0.2, 0.25) is 0 Å². The zero-order valence-corrected chi connectivity index (χ0v) is 10.4. The third-order valence-electron chi connectivity index (χ3n) is 3.14. The average molecular weight is 255 g/mol. The summed E-state index contributed by atoms with van der Waals surface area (Å²) in [6.07, 6.45) is 2.49. The van der Waals surface area contributed by atoms with E-state index in [1.54, 1.807) is 0 Å². The van der Waals surface area contributed by atoms with E-state index < -0.39 is 0 Å². The minimum Gasteiger partial charge on any atom is -0.289 e. The maximum atomic E-state index is 12.5. The second-order valence-corrected chi connectivity index (χ2v) is 4.83. The molecule has 3 rings (SSSR count). The average Bonchev–Trinajstić information content (AvgIpc) is 2.38. The van der Waals surface area contributed by atoms with Crippen molar-refractivity contribution in [2.45, 2.75) is 6.42 Å². The monoisotopic (exact) mass is 254 g/mol. The van der Waals surface area contributed by atoms with Crippen LogP contribution < -0.4 is 0 Å². The van der Waals surface area contributed by atoms with E-state index in [1.807, 2.05) is 54.6 Å². The lowest BCUT2D eigenvalue weighted by atomic mass is 9.91. The molecule has 2 aromatic rings. The molecule has 0 N–H and O–H groups in total. The Morgan fingerprint density at radius 2 is 1.56 bits per heavy atom. The van der Waals surface area contributed by atoms with Crippen LogP contribution in [0, 0.1) is 0 Å². The summed E-state index contributed by atoms with van der Waals surface area (Å²) < 4.78 is 0. The van der Waals surface area contributed by atoms with Crippen molar-refractivity contribution in [2.75, 3.05) is 0 Å². The predicted molar refractivity (Wildman–Crippen MR) is 73.9 cm³/mol. The van der Waals surface area contributed by atoms with Gasteiger partial charge in [-0.05, 0) is 17.2 Å². The Kier molecular flexibility index (Phi) is 2.77. The molecule has 88 valence electrons. The fourth-order valence-corrected chi connectivity index (χ4v) is 2.53. The Labute approximate surface area is 111 Å². The summed E-state index contributed by atoms with van der Waals surface area (Å²) in [5, 5.41) is 0.752. The van der Waals surface area contributed by atoms with E-state index in [-0.39, 0.29) is 5.78 Å². The highest BCUT2D eigenvalue weighted by Gasteiger charge is 2.18. The topological polar surface area (TPSA) is 17.1 Å². The molecule has 0 radical (unpaired) electrons. The molecular weight excluding hydrogens is 244 g/mol. The third-order valence-corrected chi connectivity index (χ3v) is 3.38. The van der Waals surface area contributed by atoms with E-state index in [2.05, 4.69) is 0 Å². The van der Waals surface area contributed by atoms with Crippen LogP contribution in [0.2, 0.25) is 0 Å². The number of allylic oxidation sites excluding steroid dienone is 1. The first-order chi connectivity index (χ1) is 8.75. The van der Waals surface area contributed by atoms with Crippen molar-refractivity contribution in [3.05, 3.63) is 75.8 Å². The molecule has 0 fully saturated rings. The van der Waals surface area contributed by atoms with Crippen LogP contribution in [0.1, 0.15) is 27.0 Å². The molecule has 0 aliphatic heterocycles. The molecule has 0 aromatic heterocycles. The standard InChI is InChI=1S/C16H11ClO/c17-13-9-11-5-1-3-7-14(11)16(18)15-8-4-2-6-12(15)10-13/h1-9H,10H2/b13-9+. The Bertz CT molecular complexity index is 656. The molecule has 0 heterocycles. The summed E-state index contributed by atoms with van der Waals surface area (Å²) in [6, 6.07) is 15.2. The molecule has 2 heteroatoms. The van der Waals surface area contributed by atoms with Gasteiger partial charge in [0.25, 0.3) is 0 Å². The van der Waals surface area contributed by atoms with Crippen LogP contribution in [0.15, 0.2) is 53.6 Å². The number of benzene rings is 2. The molecule has 2 aromatic carbocycles. The van der Waals surface area contributed by atoms with E-state index in [1.165, 1.54) is 0 Å². The van der Waals surface area contributed by atoms with E-state index >= 15 is 0 Å². The van der Waals surface area contributed by atoms with E-state index in [4.69, 9.17) is 11.6 Å². The number of fused-ring (bicyclic) bond motifs is 2. The first-order valence-electron chi connectivity index (χ1n) is 5.83. The van der Waals surface area contributed by atoms with Crippen molar-refractivity contribution in [1.29, 1.82) is 0 Å². The number of ketones is 1. The largest absolute Gasteiger partial charge is 0.289 e. The summed E-state index contributed by atoms with van der Waals surface area (Å²) in [7, 11) is 0. The fourth-order valence-electron chi connectivity index (χ4n) is 2.27. The van der Waals surface area contributed by atoms with Crippen LogP contribution in [-0.4, -0.2) is 5.78 Å². The lowest BCUT2D eigenvalue weighted by molar-refractivity contribution is 0.103. The number of carbonyl (C=O) groups is 1. The Balaban J connectivity index is 2.28. The van der Waals surface area contributed by atoms with Gasteiger partial charge in [-0.25, -0.2) is 0 Å². The molecule has 0 unspecified atom stereocenters. The number of rotatable bonds is 0. The van der Waals surface area contributed by atoms with E-state index in [0.717, 1.165) is 21.7 Å². The van der Waals surface area contributed by atoms with Gasteiger partial charge in [0.05, 0.1) is 0 Å². The van der Waals surface area contributed by atoms with Crippen LogP contribution in [0.5, 0.6) is 0 Å². The molecule has 1 nitrogen and oxygen atoms in total. The zero-order valence-electron chi connectivity index (χ0n) is 9.69. The van der Waals surface area contributed by atoms with Gasteiger partial charge in [0.15, 0.2) is 5.78 Å². The second kappa shape index (κ2) is 4.43. The van der Waals surface area contributed by atoms with Crippen molar-refractivity contribution in [3.63, 3.8) is 0 Å². The highest BCUT2D eigenvalue weighted by Crippen LogP contribution is 2.26. The van der Waals surface area contributed by atoms with Crippen LogP contribution in [-0.2, 0) is 6.42 Å². The van der Waals surface area contributed by atoms with Gasteiger partial charge in [0, 0.05) is 22.6 Å². The molecular formula is C16H11ClO. The number of carbonyl (C=O) groups excluding carboxylic acids is 1. The Hall–Kier alpha value is -1.86.